The third-order valence-electron chi connectivity index (χ3n) is 3.24. The predicted octanol–water partition coefficient (Wildman–Crippen LogP) is 3.54. The van der Waals surface area contributed by atoms with Crippen molar-refractivity contribution in [3.05, 3.63) is 46.8 Å². The van der Waals surface area contributed by atoms with Gasteiger partial charge in [0.2, 0.25) is 0 Å². The predicted molar refractivity (Wildman–Crippen MR) is 79.6 cm³/mol. The van der Waals surface area contributed by atoms with E-state index in [1.54, 1.807) is 0 Å². The highest BCUT2D eigenvalue weighted by Crippen LogP contribution is 2.38. The molecule has 1 heterocycles. The largest absolute Gasteiger partial charge is 0.397 e. The van der Waals surface area contributed by atoms with E-state index in [4.69, 9.17) is 5.73 Å². The Bertz CT molecular complexity index is 587. The Kier molecular flexibility index (Phi) is 3.25. The van der Waals surface area contributed by atoms with Gasteiger partial charge in [0.25, 0.3) is 0 Å². The zero-order valence-corrected chi connectivity index (χ0v) is 11.4. The van der Waals surface area contributed by atoms with Gasteiger partial charge in [-0.05, 0) is 24.5 Å². The molecule has 1 aliphatic carbocycles. The van der Waals surface area contributed by atoms with Crippen LogP contribution in [0.3, 0.4) is 0 Å². The molecular formula is C15H16N2OS. The second-order valence-electron chi connectivity index (χ2n) is 4.87. The fourth-order valence-electron chi connectivity index (χ4n) is 2.00. The molecule has 3 nitrogen and oxygen atoms in total. The van der Waals surface area contributed by atoms with Crippen LogP contribution in [0.15, 0.2) is 36.4 Å². The van der Waals surface area contributed by atoms with E-state index in [0.717, 1.165) is 29.3 Å². The third kappa shape index (κ3) is 2.79. The molecule has 0 aliphatic heterocycles. The van der Waals surface area contributed by atoms with Gasteiger partial charge in [0.1, 0.15) is 0 Å². The summed E-state index contributed by atoms with van der Waals surface area (Å²) in [6.07, 6.45) is 2.03. The van der Waals surface area contributed by atoms with Crippen LogP contribution in [0.5, 0.6) is 0 Å². The standard InChI is InChI=1S/C15H16N2OS/c16-12-8-13(17-9-10-4-2-1-3-5-10)19-15(12)14(18)11-6-7-11/h1-5,8,11,17H,6-7,9,16H2. The van der Waals surface area contributed by atoms with Gasteiger partial charge in [0, 0.05) is 12.5 Å². The average Bonchev–Trinajstić information content (AvgIpc) is 3.21. The van der Waals surface area contributed by atoms with E-state index in [1.165, 1.54) is 16.9 Å². The van der Waals surface area contributed by atoms with Crippen LogP contribution in [0.4, 0.5) is 10.7 Å². The smallest absolute Gasteiger partial charge is 0.178 e. The third-order valence-corrected chi connectivity index (χ3v) is 4.37. The maximum Gasteiger partial charge on any atom is 0.178 e. The van der Waals surface area contributed by atoms with Gasteiger partial charge in [-0.3, -0.25) is 4.79 Å². The van der Waals surface area contributed by atoms with Crippen molar-refractivity contribution in [1.82, 2.24) is 0 Å². The molecule has 3 N–H and O–H groups in total. The highest BCUT2D eigenvalue weighted by atomic mass is 32.1. The first-order valence-electron chi connectivity index (χ1n) is 6.45. The van der Waals surface area contributed by atoms with Crippen molar-refractivity contribution in [2.75, 3.05) is 11.1 Å². The second kappa shape index (κ2) is 5.05. The zero-order valence-electron chi connectivity index (χ0n) is 10.6. The molecule has 0 bridgehead atoms. The number of anilines is 2. The van der Waals surface area contributed by atoms with Gasteiger partial charge in [-0.25, -0.2) is 0 Å². The van der Waals surface area contributed by atoms with Gasteiger partial charge in [0.05, 0.1) is 15.6 Å². The van der Waals surface area contributed by atoms with Crippen LogP contribution in [0.2, 0.25) is 0 Å². The summed E-state index contributed by atoms with van der Waals surface area (Å²) in [7, 11) is 0. The first-order valence-corrected chi connectivity index (χ1v) is 7.27. The molecule has 1 saturated carbocycles. The minimum atomic E-state index is 0.218. The molecule has 4 heteroatoms. The molecule has 1 fully saturated rings. The molecule has 0 amide bonds. The number of thiophene rings is 1. The molecule has 0 saturated heterocycles. The van der Waals surface area contributed by atoms with Gasteiger partial charge < -0.3 is 11.1 Å². The van der Waals surface area contributed by atoms with Crippen molar-refractivity contribution in [3.63, 3.8) is 0 Å². The first-order chi connectivity index (χ1) is 9.24. The number of rotatable bonds is 5. The Hall–Kier alpha value is -1.81. The number of benzene rings is 1. The highest BCUT2D eigenvalue weighted by molar-refractivity contribution is 7.18. The maximum absolute atomic E-state index is 12.0. The maximum atomic E-state index is 12.0. The summed E-state index contributed by atoms with van der Waals surface area (Å²) in [5, 5.41) is 4.29. The molecule has 19 heavy (non-hydrogen) atoms. The molecule has 0 spiro atoms. The quantitative estimate of drug-likeness (QED) is 0.819. The zero-order chi connectivity index (χ0) is 13.2. The van der Waals surface area contributed by atoms with E-state index in [0.29, 0.717) is 5.69 Å². The summed E-state index contributed by atoms with van der Waals surface area (Å²) in [5.41, 5.74) is 7.75. The lowest BCUT2D eigenvalue weighted by molar-refractivity contribution is 0.0972. The van der Waals surface area contributed by atoms with E-state index in [9.17, 15) is 4.79 Å². The lowest BCUT2D eigenvalue weighted by Gasteiger charge is -2.02. The van der Waals surface area contributed by atoms with Gasteiger partial charge >= 0.3 is 0 Å². The number of hydrogen-bond acceptors (Lipinski definition) is 4. The van der Waals surface area contributed by atoms with E-state index < -0.39 is 0 Å². The van der Waals surface area contributed by atoms with Crippen molar-refractivity contribution in [2.24, 2.45) is 5.92 Å². The summed E-state index contributed by atoms with van der Waals surface area (Å²) >= 11 is 1.47. The van der Waals surface area contributed by atoms with Crippen LogP contribution in [0, 0.1) is 5.92 Å². The van der Waals surface area contributed by atoms with Gasteiger partial charge in [-0.2, -0.15) is 0 Å². The summed E-state index contributed by atoms with van der Waals surface area (Å²) in [6, 6.07) is 12.0. The number of carbonyl (C=O) groups is 1. The molecule has 1 aromatic carbocycles. The molecule has 98 valence electrons. The van der Waals surface area contributed by atoms with E-state index in [-0.39, 0.29) is 11.7 Å². The Balaban J connectivity index is 1.68. The van der Waals surface area contributed by atoms with Crippen LogP contribution >= 0.6 is 11.3 Å². The summed E-state index contributed by atoms with van der Waals surface area (Å²) in [6.45, 7) is 0.748. The number of ketones is 1. The number of Topliss-reactive ketones (excluding diaryl/α,β-unsaturated/α-hetero) is 1. The molecule has 0 unspecified atom stereocenters. The molecule has 3 rings (SSSR count). The normalized spacial score (nSPS) is 14.3. The lowest BCUT2D eigenvalue weighted by atomic mass is 10.2. The Morgan fingerprint density at radius 1 is 1.32 bits per heavy atom. The SMILES string of the molecule is Nc1cc(NCc2ccccc2)sc1C(=O)C1CC1. The summed E-state index contributed by atoms with van der Waals surface area (Å²) in [5.74, 6) is 0.443. The van der Waals surface area contributed by atoms with Crippen molar-refractivity contribution in [2.45, 2.75) is 19.4 Å². The van der Waals surface area contributed by atoms with Crippen LogP contribution in [0.1, 0.15) is 28.1 Å². The minimum absolute atomic E-state index is 0.218. The van der Waals surface area contributed by atoms with E-state index in [1.807, 2.05) is 24.3 Å². The minimum Gasteiger partial charge on any atom is -0.397 e. The Morgan fingerprint density at radius 3 is 2.74 bits per heavy atom. The van der Waals surface area contributed by atoms with Crippen molar-refractivity contribution in [3.8, 4) is 0 Å². The van der Waals surface area contributed by atoms with Gasteiger partial charge in [-0.1, -0.05) is 30.3 Å². The summed E-state index contributed by atoms with van der Waals surface area (Å²) in [4.78, 5) is 12.7. The lowest BCUT2D eigenvalue weighted by Crippen LogP contribution is -2.01. The average molecular weight is 272 g/mol. The number of nitrogens with two attached hydrogens (primary N) is 1. The summed E-state index contributed by atoms with van der Waals surface area (Å²) < 4.78 is 0. The van der Waals surface area contributed by atoms with Crippen LogP contribution in [0.25, 0.3) is 0 Å². The molecule has 0 atom stereocenters. The molecule has 2 aromatic rings. The number of carbonyl (C=O) groups excluding carboxylic acids is 1. The Morgan fingerprint density at radius 2 is 2.05 bits per heavy atom. The molecule has 1 aromatic heterocycles. The highest BCUT2D eigenvalue weighted by Gasteiger charge is 2.32. The molecular weight excluding hydrogens is 256 g/mol. The van der Waals surface area contributed by atoms with E-state index >= 15 is 0 Å². The number of nitrogen functional groups attached to an aromatic ring is 1. The van der Waals surface area contributed by atoms with Crippen LogP contribution in [-0.4, -0.2) is 5.78 Å². The van der Waals surface area contributed by atoms with E-state index in [2.05, 4.69) is 17.4 Å². The second-order valence-corrected chi connectivity index (χ2v) is 5.92. The van der Waals surface area contributed by atoms with Gasteiger partial charge in [0.15, 0.2) is 5.78 Å². The number of nitrogens with one attached hydrogen (secondary N) is 1. The van der Waals surface area contributed by atoms with Crippen molar-refractivity contribution in [1.29, 1.82) is 0 Å². The van der Waals surface area contributed by atoms with Crippen molar-refractivity contribution >= 4 is 27.8 Å². The molecule has 1 aliphatic rings. The monoisotopic (exact) mass is 272 g/mol. The fourth-order valence-corrected chi connectivity index (χ4v) is 2.99. The molecule has 0 radical (unpaired) electrons. The van der Waals surface area contributed by atoms with Crippen LogP contribution in [-0.2, 0) is 6.54 Å². The van der Waals surface area contributed by atoms with Crippen molar-refractivity contribution < 1.29 is 4.79 Å². The number of hydrogen-bond donors (Lipinski definition) is 2. The topological polar surface area (TPSA) is 55.1 Å². The fraction of sp³-hybridized carbons (Fsp3) is 0.267. The van der Waals surface area contributed by atoms with Gasteiger partial charge in [-0.15, -0.1) is 11.3 Å². The Labute approximate surface area is 116 Å². The van der Waals surface area contributed by atoms with Crippen LogP contribution < -0.4 is 11.1 Å². The first kappa shape index (κ1) is 12.2.